The third kappa shape index (κ3) is 5.25. The van der Waals surface area contributed by atoms with Crippen molar-refractivity contribution < 1.29 is 9.53 Å². The first-order chi connectivity index (χ1) is 12.5. The largest absolute Gasteiger partial charge is 0.497 e. The number of amides is 1. The highest BCUT2D eigenvalue weighted by Crippen LogP contribution is 2.17. The summed E-state index contributed by atoms with van der Waals surface area (Å²) in [5.74, 6) is 0.166. The molecule has 2 aromatic rings. The van der Waals surface area contributed by atoms with Gasteiger partial charge < -0.3 is 15.0 Å². The first kappa shape index (κ1) is 18.8. The number of allylic oxidation sites excluding steroid dienone is 2. The number of ether oxygens (including phenoxy) is 1. The van der Waals surface area contributed by atoms with Crippen molar-refractivity contribution in [3.63, 3.8) is 0 Å². The SMILES string of the molecule is COc1cccc(NC(=O)C(C#N)=CC=Cc2ccc(N(C)C)cc2)c1. The molecule has 132 valence electrons. The van der Waals surface area contributed by atoms with E-state index < -0.39 is 5.91 Å². The normalized spacial score (nSPS) is 11.1. The molecule has 0 radical (unpaired) electrons. The number of anilines is 2. The summed E-state index contributed by atoms with van der Waals surface area (Å²) in [5.41, 5.74) is 2.68. The summed E-state index contributed by atoms with van der Waals surface area (Å²) in [6.07, 6.45) is 5.03. The van der Waals surface area contributed by atoms with Crippen LogP contribution < -0.4 is 15.0 Å². The number of carbonyl (C=O) groups excluding carboxylic acids is 1. The van der Waals surface area contributed by atoms with Crippen LogP contribution in [-0.4, -0.2) is 27.1 Å². The fourth-order valence-electron chi connectivity index (χ4n) is 2.20. The van der Waals surface area contributed by atoms with E-state index in [9.17, 15) is 10.1 Å². The van der Waals surface area contributed by atoms with Crippen molar-refractivity contribution in [1.29, 1.82) is 5.26 Å². The molecular weight excluding hydrogens is 326 g/mol. The molecule has 5 heteroatoms. The molecule has 5 nitrogen and oxygen atoms in total. The third-order valence-corrected chi connectivity index (χ3v) is 3.65. The maximum Gasteiger partial charge on any atom is 0.266 e. The number of nitrogens with one attached hydrogen (secondary N) is 1. The van der Waals surface area contributed by atoms with Crippen LogP contribution in [0.4, 0.5) is 11.4 Å². The summed E-state index contributed by atoms with van der Waals surface area (Å²) >= 11 is 0. The predicted molar refractivity (Wildman–Crippen MR) is 105 cm³/mol. The molecule has 0 spiro atoms. The fourth-order valence-corrected chi connectivity index (χ4v) is 2.20. The number of hydrogen-bond donors (Lipinski definition) is 1. The lowest BCUT2D eigenvalue weighted by Gasteiger charge is -2.11. The fraction of sp³-hybridized carbons (Fsp3) is 0.143. The summed E-state index contributed by atoms with van der Waals surface area (Å²) < 4.78 is 5.12. The second-order valence-electron chi connectivity index (χ2n) is 5.72. The van der Waals surface area contributed by atoms with Gasteiger partial charge >= 0.3 is 0 Å². The van der Waals surface area contributed by atoms with Crippen molar-refractivity contribution in [1.82, 2.24) is 0 Å². The molecule has 0 aliphatic rings. The topological polar surface area (TPSA) is 65.4 Å². The highest BCUT2D eigenvalue weighted by atomic mass is 16.5. The van der Waals surface area contributed by atoms with Crippen molar-refractivity contribution in [3.8, 4) is 11.8 Å². The van der Waals surface area contributed by atoms with Crippen LogP contribution in [0.3, 0.4) is 0 Å². The first-order valence-corrected chi connectivity index (χ1v) is 8.04. The zero-order valence-electron chi connectivity index (χ0n) is 15.1. The van der Waals surface area contributed by atoms with Crippen LogP contribution in [0.1, 0.15) is 5.56 Å². The number of carbonyl (C=O) groups is 1. The minimum Gasteiger partial charge on any atom is -0.497 e. The number of nitrogens with zero attached hydrogens (tertiary/aromatic N) is 2. The molecule has 0 saturated heterocycles. The minimum absolute atomic E-state index is 0.0222. The number of methoxy groups -OCH3 is 1. The second kappa shape index (κ2) is 9.09. The van der Waals surface area contributed by atoms with Gasteiger partial charge in [-0.05, 0) is 35.9 Å². The predicted octanol–water partition coefficient (Wildman–Crippen LogP) is 3.86. The van der Waals surface area contributed by atoms with E-state index in [1.54, 1.807) is 37.5 Å². The van der Waals surface area contributed by atoms with Crippen molar-refractivity contribution >= 4 is 23.4 Å². The van der Waals surface area contributed by atoms with Gasteiger partial charge in [-0.1, -0.05) is 30.4 Å². The maximum absolute atomic E-state index is 12.2. The van der Waals surface area contributed by atoms with Gasteiger partial charge in [-0.2, -0.15) is 5.26 Å². The molecular formula is C21H21N3O2. The van der Waals surface area contributed by atoms with Gasteiger partial charge in [-0.3, -0.25) is 4.79 Å². The van der Waals surface area contributed by atoms with Gasteiger partial charge in [0.15, 0.2) is 0 Å². The van der Waals surface area contributed by atoms with Gasteiger partial charge in [-0.15, -0.1) is 0 Å². The first-order valence-electron chi connectivity index (χ1n) is 8.04. The molecule has 1 amide bonds. The molecule has 0 heterocycles. The Balaban J connectivity index is 2.06. The van der Waals surface area contributed by atoms with Crippen LogP contribution in [0.25, 0.3) is 6.08 Å². The van der Waals surface area contributed by atoms with E-state index >= 15 is 0 Å². The molecule has 0 unspecified atom stereocenters. The summed E-state index contributed by atoms with van der Waals surface area (Å²) in [6, 6.07) is 16.8. The van der Waals surface area contributed by atoms with Gasteiger partial charge in [0.05, 0.1) is 7.11 Å². The average molecular weight is 347 g/mol. The Kier molecular flexibility index (Phi) is 6.58. The molecule has 2 rings (SSSR count). The Bertz CT molecular complexity index is 860. The van der Waals surface area contributed by atoms with Crippen molar-refractivity contribution in [2.75, 3.05) is 31.4 Å². The number of hydrogen-bond acceptors (Lipinski definition) is 4. The number of nitriles is 1. The molecule has 0 atom stereocenters. The van der Waals surface area contributed by atoms with Crippen molar-refractivity contribution in [3.05, 3.63) is 71.8 Å². The van der Waals surface area contributed by atoms with Gasteiger partial charge in [0.25, 0.3) is 5.91 Å². The Hall–Kier alpha value is -3.52. The summed E-state index contributed by atoms with van der Waals surface area (Å²) in [6.45, 7) is 0. The number of rotatable bonds is 6. The Morgan fingerprint density at radius 2 is 1.92 bits per heavy atom. The van der Waals surface area contributed by atoms with Crippen LogP contribution in [0.2, 0.25) is 0 Å². The lowest BCUT2D eigenvalue weighted by molar-refractivity contribution is -0.112. The molecule has 0 bridgehead atoms. The molecule has 2 aromatic carbocycles. The highest BCUT2D eigenvalue weighted by molar-refractivity contribution is 6.06. The molecule has 0 aliphatic heterocycles. The maximum atomic E-state index is 12.2. The van der Waals surface area contributed by atoms with Crippen LogP contribution in [0.5, 0.6) is 5.75 Å². The summed E-state index contributed by atoms with van der Waals surface area (Å²) in [7, 11) is 5.51. The second-order valence-corrected chi connectivity index (χ2v) is 5.72. The van der Waals surface area contributed by atoms with Crippen LogP contribution in [0.15, 0.2) is 66.3 Å². The Morgan fingerprint density at radius 1 is 1.19 bits per heavy atom. The van der Waals surface area contributed by atoms with E-state index in [1.165, 1.54) is 6.08 Å². The minimum atomic E-state index is -0.464. The van der Waals surface area contributed by atoms with Gasteiger partial charge in [0.1, 0.15) is 17.4 Å². The molecule has 1 N–H and O–H groups in total. The smallest absolute Gasteiger partial charge is 0.266 e. The summed E-state index contributed by atoms with van der Waals surface area (Å²) in [4.78, 5) is 14.2. The molecule has 0 saturated carbocycles. The standard InChI is InChI=1S/C21H21N3O2/c1-24(2)19-12-10-16(11-13-19)6-4-7-17(15-22)21(25)23-18-8-5-9-20(14-18)26-3/h4-14H,1-3H3,(H,23,25). The molecule has 0 aliphatic carbocycles. The van der Waals surface area contributed by atoms with E-state index in [0.717, 1.165) is 11.3 Å². The lowest BCUT2D eigenvalue weighted by atomic mass is 10.1. The number of benzene rings is 2. The lowest BCUT2D eigenvalue weighted by Crippen LogP contribution is -2.13. The third-order valence-electron chi connectivity index (χ3n) is 3.65. The van der Waals surface area contributed by atoms with Crippen LogP contribution >= 0.6 is 0 Å². The summed E-state index contributed by atoms with van der Waals surface area (Å²) in [5, 5.41) is 11.9. The van der Waals surface area contributed by atoms with E-state index in [4.69, 9.17) is 4.74 Å². The Morgan fingerprint density at radius 3 is 2.54 bits per heavy atom. The van der Waals surface area contributed by atoms with Crippen LogP contribution in [0, 0.1) is 11.3 Å². The van der Waals surface area contributed by atoms with Gasteiger partial charge in [0, 0.05) is 31.5 Å². The van der Waals surface area contributed by atoms with E-state index in [0.29, 0.717) is 11.4 Å². The zero-order valence-corrected chi connectivity index (χ0v) is 15.1. The highest BCUT2D eigenvalue weighted by Gasteiger charge is 2.08. The van der Waals surface area contributed by atoms with E-state index in [2.05, 4.69) is 5.32 Å². The van der Waals surface area contributed by atoms with Crippen LogP contribution in [-0.2, 0) is 4.79 Å². The van der Waals surface area contributed by atoms with Crippen molar-refractivity contribution in [2.45, 2.75) is 0 Å². The van der Waals surface area contributed by atoms with Gasteiger partial charge in [-0.25, -0.2) is 0 Å². The average Bonchev–Trinajstić information content (AvgIpc) is 2.65. The van der Waals surface area contributed by atoms with E-state index in [-0.39, 0.29) is 5.57 Å². The molecule has 0 fully saturated rings. The Labute approximate surface area is 153 Å². The van der Waals surface area contributed by atoms with Crippen molar-refractivity contribution in [2.24, 2.45) is 0 Å². The van der Waals surface area contributed by atoms with Gasteiger partial charge in [0.2, 0.25) is 0 Å². The van der Waals surface area contributed by atoms with E-state index in [1.807, 2.05) is 55.4 Å². The monoisotopic (exact) mass is 347 g/mol. The zero-order chi connectivity index (χ0) is 18.9. The molecule has 0 aromatic heterocycles. The quantitative estimate of drug-likeness (QED) is 0.489. The molecule has 26 heavy (non-hydrogen) atoms.